The van der Waals surface area contributed by atoms with Crippen LogP contribution in [0.3, 0.4) is 0 Å². The largest absolute Gasteiger partial charge is 0.347 e. The van der Waals surface area contributed by atoms with Gasteiger partial charge in [-0.3, -0.25) is 9.59 Å². The van der Waals surface area contributed by atoms with Crippen LogP contribution in [0.5, 0.6) is 0 Å². The minimum atomic E-state index is -0.443. The molecule has 1 aromatic heterocycles. The van der Waals surface area contributed by atoms with Crippen LogP contribution in [-0.4, -0.2) is 21.7 Å². The third-order valence-electron chi connectivity index (χ3n) is 3.84. The summed E-state index contributed by atoms with van der Waals surface area (Å²) in [4.78, 5) is 31.8. The van der Waals surface area contributed by atoms with Crippen molar-refractivity contribution in [1.82, 2.24) is 15.3 Å². The molecule has 0 radical (unpaired) electrons. The number of benzene rings is 2. The summed E-state index contributed by atoms with van der Waals surface area (Å²) in [6.07, 6.45) is 1.26. The molecule has 3 rings (SSSR count). The van der Waals surface area contributed by atoms with E-state index in [0.717, 1.165) is 0 Å². The maximum Gasteiger partial charge on any atom is 0.270 e. The van der Waals surface area contributed by atoms with Gasteiger partial charge in [-0.1, -0.05) is 30.3 Å². The number of carbonyl (C=O) groups is 2. The molecule has 1 amide bonds. The molecule has 2 N–H and O–H groups in total. The number of ketones is 1. The summed E-state index contributed by atoms with van der Waals surface area (Å²) in [7, 11) is 0. The van der Waals surface area contributed by atoms with Crippen molar-refractivity contribution in [3.63, 3.8) is 0 Å². The standard InChI is InChI=1S/C20H17FN4O2/c1-13(26)14-6-4-7-16(9-14)25-19-10-18(23-12-24-19)20(27)22-11-15-5-2-3-8-17(15)21/h2-10,12H,11H2,1H3,(H,22,27)(H,23,24,25). The van der Waals surface area contributed by atoms with Gasteiger partial charge in [-0.15, -0.1) is 0 Å². The van der Waals surface area contributed by atoms with Crippen molar-refractivity contribution < 1.29 is 14.0 Å². The van der Waals surface area contributed by atoms with Gasteiger partial charge < -0.3 is 10.6 Å². The Hall–Kier alpha value is -3.61. The van der Waals surface area contributed by atoms with Crippen LogP contribution in [0.15, 0.2) is 60.9 Å². The fourth-order valence-corrected chi connectivity index (χ4v) is 2.42. The molecule has 2 aromatic carbocycles. The topological polar surface area (TPSA) is 84.0 Å². The minimum Gasteiger partial charge on any atom is -0.347 e. The zero-order chi connectivity index (χ0) is 19.2. The van der Waals surface area contributed by atoms with Gasteiger partial charge in [-0.05, 0) is 25.1 Å². The van der Waals surface area contributed by atoms with Crippen molar-refractivity contribution in [1.29, 1.82) is 0 Å². The van der Waals surface area contributed by atoms with Crippen LogP contribution < -0.4 is 10.6 Å². The minimum absolute atomic E-state index is 0.0467. The molecule has 0 saturated heterocycles. The van der Waals surface area contributed by atoms with Gasteiger partial charge in [0.25, 0.3) is 5.91 Å². The van der Waals surface area contributed by atoms with Crippen LogP contribution in [0.4, 0.5) is 15.9 Å². The molecule has 27 heavy (non-hydrogen) atoms. The Morgan fingerprint density at radius 1 is 1.04 bits per heavy atom. The fourth-order valence-electron chi connectivity index (χ4n) is 2.42. The van der Waals surface area contributed by atoms with Gasteiger partial charge in [0, 0.05) is 29.4 Å². The van der Waals surface area contributed by atoms with E-state index in [1.165, 1.54) is 25.4 Å². The average molecular weight is 364 g/mol. The van der Waals surface area contributed by atoms with E-state index >= 15 is 0 Å². The van der Waals surface area contributed by atoms with Crippen LogP contribution in [0.2, 0.25) is 0 Å². The Labute approximate surface area is 155 Å². The number of rotatable bonds is 6. The second-order valence-corrected chi connectivity index (χ2v) is 5.82. The Morgan fingerprint density at radius 3 is 2.63 bits per heavy atom. The van der Waals surface area contributed by atoms with E-state index in [-0.39, 0.29) is 23.8 Å². The van der Waals surface area contributed by atoms with Crippen LogP contribution in [-0.2, 0) is 6.54 Å². The number of nitrogens with one attached hydrogen (secondary N) is 2. The molecule has 1 heterocycles. The van der Waals surface area contributed by atoms with Gasteiger partial charge in [-0.2, -0.15) is 0 Å². The summed E-state index contributed by atoms with van der Waals surface area (Å²) < 4.78 is 13.6. The zero-order valence-electron chi connectivity index (χ0n) is 14.6. The number of halogens is 1. The lowest BCUT2D eigenvalue weighted by Gasteiger charge is -2.09. The summed E-state index contributed by atoms with van der Waals surface area (Å²) >= 11 is 0. The van der Waals surface area contributed by atoms with Gasteiger partial charge in [0.1, 0.15) is 23.7 Å². The van der Waals surface area contributed by atoms with Crippen molar-refractivity contribution in [2.45, 2.75) is 13.5 Å². The second-order valence-electron chi connectivity index (χ2n) is 5.82. The number of amides is 1. The maximum atomic E-state index is 13.6. The maximum absolute atomic E-state index is 13.6. The summed E-state index contributed by atoms with van der Waals surface area (Å²) in [6, 6.07) is 14.7. The van der Waals surface area contributed by atoms with Crippen LogP contribution in [0.25, 0.3) is 0 Å². The van der Waals surface area contributed by atoms with Crippen molar-refractivity contribution in [2.24, 2.45) is 0 Å². The molecular weight excluding hydrogens is 347 g/mol. The predicted octanol–water partition coefficient (Wildman–Crippen LogP) is 3.49. The number of hydrogen-bond acceptors (Lipinski definition) is 5. The van der Waals surface area contributed by atoms with Gasteiger partial charge in [0.2, 0.25) is 0 Å². The monoisotopic (exact) mass is 364 g/mol. The Balaban J connectivity index is 1.69. The van der Waals surface area contributed by atoms with Gasteiger partial charge in [0.15, 0.2) is 5.78 Å². The number of aromatic nitrogens is 2. The van der Waals surface area contributed by atoms with Crippen LogP contribution in [0, 0.1) is 5.82 Å². The number of Topliss-reactive ketones (excluding diaryl/α,β-unsaturated/α-hetero) is 1. The lowest BCUT2D eigenvalue weighted by molar-refractivity contribution is 0.0944. The number of carbonyl (C=O) groups excluding carboxylic acids is 2. The first kappa shape index (κ1) is 18.2. The first-order valence-electron chi connectivity index (χ1n) is 8.24. The SMILES string of the molecule is CC(=O)c1cccc(Nc2cc(C(=O)NCc3ccccc3F)ncn2)c1. The Kier molecular flexibility index (Phi) is 5.51. The smallest absolute Gasteiger partial charge is 0.270 e. The second kappa shape index (κ2) is 8.18. The molecule has 0 unspecified atom stereocenters. The van der Waals surface area contributed by atoms with E-state index in [2.05, 4.69) is 20.6 Å². The van der Waals surface area contributed by atoms with E-state index in [0.29, 0.717) is 22.6 Å². The predicted molar refractivity (Wildman–Crippen MR) is 99.3 cm³/mol. The van der Waals surface area contributed by atoms with Gasteiger partial charge >= 0.3 is 0 Å². The first-order valence-corrected chi connectivity index (χ1v) is 8.24. The molecule has 0 fully saturated rings. The quantitative estimate of drug-likeness (QED) is 0.654. The summed E-state index contributed by atoms with van der Waals surface area (Å²) in [5.74, 6) is -0.467. The molecule has 3 aromatic rings. The molecule has 0 aliphatic carbocycles. The third-order valence-corrected chi connectivity index (χ3v) is 3.84. The van der Waals surface area contributed by atoms with E-state index in [9.17, 15) is 14.0 Å². The number of anilines is 2. The lowest BCUT2D eigenvalue weighted by Crippen LogP contribution is -2.24. The van der Waals surface area contributed by atoms with E-state index < -0.39 is 5.91 Å². The third kappa shape index (κ3) is 4.72. The number of hydrogen-bond donors (Lipinski definition) is 2. The van der Waals surface area contributed by atoms with Crippen LogP contribution >= 0.6 is 0 Å². The normalized spacial score (nSPS) is 10.3. The Morgan fingerprint density at radius 2 is 1.85 bits per heavy atom. The number of nitrogens with zero attached hydrogens (tertiary/aromatic N) is 2. The molecule has 6 nitrogen and oxygen atoms in total. The molecule has 0 bridgehead atoms. The fraction of sp³-hybridized carbons (Fsp3) is 0.100. The molecule has 136 valence electrons. The summed E-state index contributed by atoms with van der Waals surface area (Å²) in [5, 5.41) is 5.66. The van der Waals surface area contributed by atoms with E-state index in [1.807, 2.05) is 0 Å². The van der Waals surface area contributed by atoms with Crippen molar-refractivity contribution >= 4 is 23.2 Å². The molecule has 0 aliphatic heterocycles. The van der Waals surface area contributed by atoms with E-state index in [1.54, 1.807) is 42.5 Å². The first-order chi connectivity index (χ1) is 13.0. The summed E-state index contributed by atoms with van der Waals surface area (Å²) in [6.45, 7) is 1.54. The van der Waals surface area contributed by atoms with Crippen molar-refractivity contribution in [3.05, 3.63) is 83.6 Å². The molecule has 0 atom stereocenters. The highest BCUT2D eigenvalue weighted by Crippen LogP contribution is 2.16. The average Bonchev–Trinajstić information content (AvgIpc) is 2.67. The zero-order valence-corrected chi connectivity index (χ0v) is 14.6. The molecule has 0 aliphatic rings. The van der Waals surface area contributed by atoms with Gasteiger partial charge in [-0.25, -0.2) is 14.4 Å². The highest BCUT2D eigenvalue weighted by molar-refractivity contribution is 5.95. The van der Waals surface area contributed by atoms with Crippen molar-refractivity contribution in [2.75, 3.05) is 5.32 Å². The summed E-state index contributed by atoms with van der Waals surface area (Å²) in [5.41, 5.74) is 1.77. The van der Waals surface area contributed by atoms with Crippen LogP contribution in [0.1, 0.15) is 33.3 Å². The van der Waals surface area contributed by atoms with Crippen molar-refractivity contribution in [3.8, 4) is 0 Å². The molecular formula is C20H17FN4O2. The highest BCUT2D eigenvalue weighted by Gasteiger charge is 2.10. The van der Waals surface area contributed by atoms with E-state index in [4.69, 9.17) is 0 Å². The molecule has 7 heteroatoms. The van der Waals surface area contributed by atoms with Gasteiger partial charge in [0.05, 0.1) is 0 Å². The molecule has 0 saturated carbocycles. The molecule has 0 spiro atoms. The highest BCUT2D eigenvalue weighted by atomic mass is 19.1. The Bertz CT molecular complexity index is 991. The lowest BCUT2D eigenvalue weighted by atomic mass is 10.1.